The number of pyridine rings is 1. The molecular weight excluding hydrogens is 574 g/mol. The van der Waals surface area contributed by atoms with E-state index in [0.717, 1.165) is 73.8 Å². The van der Waals surface area contributed by atoms with Gasteiger partial charge in [0.2, 0.25) is 0 Å². The maximum atomic E-state index is 12.3. The maximum Gasteiger partial charge on any atom is 0.407 e. The molecule has 0 bridgehead atoms. The van der Waals surface area contributed by atoms with Gasteiger partial charge in [-0.1, -0.05) is 43.8 Å². The van der Waals surface area contributed by atoms with Gasteiger partial charge in [0, 0.05) is 43.4 Å². The number of rotatable bonds is 12. The molecule has 0 radical (unpaired) electrons. The van der Waals surface area contributed by atoms with E-state index in [-0.39, 0.29) is 27.2 Å². The van der Waals surface area contributed by atoms with Gasteiger partial charge in [0.25, 0.3) is 0 Å². The average Bonchev–Trinajstić information content (AvgIpc) is 3.04. The summed E-state index contributed by atoms with van der Waals surface area (Å²) in [5.74, 6) is 2.17. The third kappa shape index (κ3) is 9.04. The molecule has 1 saturated heterocycles. The van der Waals surface area contributed by atoms with Crippen LogP contribution in [0.2, 0.25) is 0 Å². The summed E-state index contributed by atoms with van der Waals surface area (Å²) in [5.41, 5.74) is 4.27. The molecule has 242 valence electrons. The summed E-state index contributed by atoms with van der Waals surface area (Å²) >= 11 is 0. The van der Waals surface area contributed by atoms with Crippen molar-refractivity contribution in [1.82, 2.24) is 20.3 Å². The number of anilines is 3. The molecule has 2 aliphatic heterocycles. The first kappa shape index (κ1) is 33.4. The number of fused-ring (bicyclic) bond motifs is 1. The fraction of sp³-hybridized carbons (Fsp3) is 0.485. The number of hydrogen-bond acceptors (Lipinski definition) is 10. The Morgan fingerprint density at radius 1 is 1.07 bits per heavy atom. The zero-order chi connectivity index (χ0) is 30.9. The Morgan fingerprint density at radius 3 is 2.60 bits per heavy atom. The van der Waals surface area contributed by atoms with Crippen molar-refractivity contribution >= 4 is 29.5 Å². The number of nitrogens with zero attached hydrogens (tertiary/aromatic N) is 4. The first-order valence-electron chi connectivity index (χ1n) is 15.2. The highest BCUT2D eigenvalue weighted by atomic mass is 16.6. The number of alkyl carbamates (subject to hydrolysis) is 1. The number of amides is 1. The van der Waals surface area contributed by atoms with Gasteiger partial charge in [-0.25, -0.2) is 24.5 Å². The Bertz CT molecular complexity index is 1430. The van der Waals surface area contributed by atoms with Crippen LogP contribution in [0.4, 0.5) is 22.2 Å². The SMILES string of the molecule is C.Cc1nc(NC[C@H](NC(=O)OCCOCc2ccccc2)C(=O)O)c(C)c(N2CCC(c3ccc4c(n3)NCCC4)CC2)n1. The number of piperidine rings is 1. The van der Waals surface area contributed by atoms with Crippen LogP contribution < -0.4 is 20.9 Å². The maximum absolute atomic E-state index is 12.3. The lowest BCUT2D eigenvalue weighted by Gasteiger charge is -2.34. The lowest BCUT2D eigenvalue weighted by Crippen LogP contribution is -2.46. The second kappa shape index (κ2) is 16.0. The van der Waals surface area contributed by atoms with Gasteiger partial charge in [-0.3, -0.25) is 0 Å². The predicted molar refractivity (Wildman–Crippen MR) is 174 cm³/mol. The highest BCUT2D eigenvalue weighted by Gasteiger charge is 2.26. The molecule has 0 spiro atoms. The number of aryl methyl sites for hydroxylation is 2. The van der Waals surface area contributed by atoms with Crippen molar-refractivity contribution in [2.75, 3.05) is 54.9 Å². The third-order valence-corrected chi connectivity index (χ3v) is 8.00. The van der Waals surface area contributed by atoms with Crippen molar-refractivity contribution in [2.24, 2.45) is 0 Å². The van der Waals surface area contributed by atoms with Crippen LogP contribution in [-0.4, -0.2) is 77.6 Å². The number of aromatic nitrogens is 3. The molecule has 0 unspecified atom stereocenters. The quantitative estimate of drug-likeness (QED) is 0.209. The molecule has 12 nitrogen and oxygen atoms in total. The molecule has 3 aromatic rings. The summed E-state index contributed by atoms with van der Waals surface area (Å²) in [6.45, 7) is 6.88. The van der Waals surface area contributed by atoms with Crippen molar-refractivity contribution in [3.63, 3.8) is 0 Å². The standard InChI is InChI=1S/C32H41N7O5.CH4/c1-21-28(34-19-27(31(40)41)38-32(42)44-18-17-43-20-23-7-4-3-5-8-23)35-22(2)36-30(21)39-15-12-24(13-16-39)26-11-10-25-9-6-14-33-29(25)37-26;/h3-5,7-8,10-11,24,27H,6,9,12-20H2,1-2H3,(H,33,37)(H,38,42)(H,40,41)(H,34,35,36);1H4/t27-;/m0./s1. The van der Waals surface area contributed by atoms with Gasteiger partial charge in [-0.15, -0.1) is 0 Å². The van der Waals surface area contributed by atoms with Crippen molar-refractivity contribution < 1.29 is 24.2 Å². The number of benzene rings is 1. The van der Waals surface area contributed by atoms with E-state index in [4.69, 9.17) is 19.4 Å². The number of aliphatic carboxylic acids is 1. The van der Waals surface area contributed by atoms with Gasteiger partial charge < -0.3 is 35.4 Å². The highest BCUT2D eigenvalue weighted by Crippen LogP contribution is 2.33. The second-order valence-corrected chi connectivity index (χ2v) is 11.2. The molecule has 1 aromatic carbocycles. The normalized spacial score (nSPS) is 15.2. The zero-order valence-electron chi connectivity index (χ0n) is 25.3. The van der Waals surface area contributed by atoms with Crippen molar-refractivity contribution in [2.45, 2.75) is 65.5 Å². The summed E-state index contributed by atoms with van der Waals surface area (Å²) in [6.07, 6.45) is 3.32. The predicted octanol–water partition coefficient (Wildman–Crippen LogP) is 4.67. The Morgan fingerprint density at radius 2 is 1.84 bits per heavy atom. The fourth-order valence-corrected chi connectivity index (χ4v) is 5.59. The molecule has 1 amide bonds. The number of nitrogens with one attached hydrogen (secondary N) is 3. The molecule has 2 aromatic heterocycles. The first-order chi connectivity index (χ1) is 21.4. The van der Waals surface area contributed by atoms with Crippen LogP contribution in [0, 0.1) is 13.8 Å². The van der Waals surface area contributed by atoms with Crippen LogP contribution in [0.15, 0.2) is 42.5 Å². The summed E-state index contributed by atoms with van der Waals surface area (Å²) in [4.78, 5) is 40.6. The average molecular weight is 620 g/mol. The van der Waals surface area contributed by atoms with E-state index < -0.39 is 18.1 Å². The molecule has 45 heavy (non-hydrogen) atoms. The van der Waals surface area contributed by atoms with E-state index in [0.29, 0.717) is 24.2 Å². The van der Waals surface area contributed by atoms with Gasteiger partial charge in [-0.2, -0.15) is 0 Å². The minimum absolute atomic E-state index is 0. The number of carbonyl (C=O) groups excluding carboxylic acids is 1. The Kier molecular flexibility index (Phi) is 11.9. The molecule has 2 aliphatic rings. The molecule has 1 atom stereocenters. The molecule has 1 fully saturated rings. The molecule has 4 heterocycles. The Labute approximate surface area is 265 Å². The number of carboxylic acids is 1. The monoisotopic (exact) mass is 619 g/mol. The number of carboxylic acid groups (broad SMARTS) is 1. The van der Waals surface area contributed by atoms with Crippen LogP contribution in [0.5, 0.6) is 0 Å². The van der Waals surface area contributed by atoms with Gasteiger partial charge in [0.1, 0.15) is 35.9 Å². The lowest BCUT2D eigenvalue weighted by atomic mass is 9.92. The summed E-state index contributed by atoms with van der Waals surface area (Å²) in [5, 5.41) is 18.7. The van der Waals surface area contributed by atoms with E-state index in [1.54, 1.807) is 0 Å². The molecule has 4 N–H and O–H groups in total. The van der Waals surface area contributed by atoms with E-state index in [1.165, 1.54) is 5.56 Å². The topological polar surface area (TPSA) is 151 Å². The Hall–Kier alpha value is -4.45. The second-order valence-electron chi connectivity index (χ2n) is 11.2. The lowest BCUT2D eigenvalue weighted by molar-refractivity contribution is -0.139. The number of carbonyl (C=O) groups is 2. The third-order valence-electron chi connectivity index (χ3n) is 8.00. The van der Waals surface area contributed by atoms with Gasteiger partial charge in [0.15, 0.2) is 0 Å². The minimum Gasteiger partial charge on any atom is -0.480 e. The van der Waals surface area contributed by atoms with E-state index >= 15 is 0 Å². The molecule has 12 heteroatoms. The summed E-state index contributed by atoms with van der Waals surface area (Å²) in [6, 6.07) is 12.8. The van der Waals surface area contributed by atoms with Gasteiger partial charge in [-0.05, 0) is 56.7 Å². The van der Waals surface area contributed by atoms with E-state index in [1.807, 2.05) is 44.2 Å². The first-order valence-corrected chi connectivity index (χ1v) is 15.2. The van der Waals surface area contributed by atoms with Crippen LogP contribution in [0.3, 0.4) is 0 Å². The van der Waals surface area contributed by atoms with Crippen LogP contribution >= 0.6 is 0 Å². The van der Waals surface area contributed by atoms with Crippen molar-refractivity contribution in [3.05, 3.63) is 70.7 Å². The van der Waals surface area contributed by atoms with Crippen molar-refractivity contribution in [1.29, 1.82) is 0 Å². The number of ether oxygens (including phenoxy) is 2. The summed E-state index contributed by atoms with van der Waals surface area (Å²) < 4.78 is 10.6. The Balaban J connectivity index is 0.00000461. The van der Waals surface area contributed by atoms with Crippen LogP contribution in [0.25, 0.3) is 0 Å². The van der Waals surface area contributed by atoms with Gasteiger partial charge >= 0.3 is 12.1 Å². The largest absolute Gasteiger partial charge is 0.480 e. The van der Waals surface area contributed by atoms with Crippen molar-refractivity contribution in [3.8, 4) is 0 Å². The molecule has 5 rings (SSSR count). The molecular formula is C33H45N7O5. The van der Waals surface area contributed by atoms with Crippen LogP contribution in [-0.2, 0) is 27.3 Å². The van der Waals surface area contributed by atoms with E-state index in [9.17, 15) is 14.7 Å². The minimum atomic E-state index is -1.22. The van der Waals surface area contributed by atoms with Gasteiger partial charge in [0.05, 0.1) is 13.2 Å². The summed E-state index contributed by atoms with van der Waals surface area (Å²) in [7, 11) is 0. The molecule has 0 saturated carbocycles. The highest BCUT2D eigenvalue weighted by molar-refractivity contribution is 5.80. The fourth-order valence-electron chi connectivity index (χ4n) is 5.59. The smallest absolute Gasteiger partial charge is 0.407 e. The molecule has 0 aliphatic carbocycles. The number of hydrogen-bond donors (Lipinski definition) is 4. The van der Waals surface area contributed by atoms with E-state index in [2.05, 4.69) is 38.0 Å². The van der Waals surface area contributed by atoms with Crippen LogP contribution in [0.1, 0.15) is 60.8 Å². The zero-order valence-corrected chi connectivity index (χ0v) is 25.3.